The van der Waals surface area contributed by atoms with Gasteiger partial charge in [-0.1, -0.05) is 30.3 Å². The minimum absolute atomic E-state index is 0.191. The molecule has 4 heteroatoms. The number of anilines is 1. The van der Waals surface area contributed by atoms with Gasteiger partial charge in [0.2, 0.25) is 0 Å². The fraction of sp³-hybridized carbons (Fsp3) is 0.0588. The van der Waals surface area contributed by atoms with Gasteiger partial charge in [-0.3, -0.25) is 9.78 Å². The molecule has 0 aliphatic heterocycles. The van der Waals surface area contributed by atoms with Gasteiger partial charge >= 0.3 is 0 Å². The molecule has 0 atom stereocenters. The first-order valence-electron chi connectivity index (χ1n) is 6.70. The number of hydrogen-bond acceptors (Lipinski definition) is 3. The van der Waals surface area contributed by atoms with Crippen molar-refractivity contribution in [2.75, 3.05) is 5.73 Å². The Balaban J connectivity index is 1.82. The minimum atomic E-state index is -0.191. The summed E-state index contributed by atoms with van der Waals surface area (Å²) < 4.78 is 0. The highest BCUT2D eigenvalue weighted by molar-refractivity contribution is 6.03. The van der Waals surface area contributed by atoms with Crippen LogP contribution in [-0.2, 0) is 6.54 Å². The van der Waals surface area contributed by atoms with Crippen LogP contribution in [0.1, 0.15) is 16.1 Å². The molecule has 0 aliphatic rings. The fourth-order valence-corrected chi connectivity index (χ4v) is 2.22. The lowest BCUT2D eigenvalue weighted by molar-refractivity contribution is 0.0951. The van der Waals surface area contributed by atoms with Crippen LogP contribution < -0.4 is 11.1 Å². The molecule has 0 radical (unpaired) electrons. The van der Waals surface area contributed by atoms with Gasteiger partial charge in [0.1, 0.15) is 0 Å². The lowest BCUT2D eigenvalue weighted by atomic mass is 10.0. The van der Waals surface area contributed by atoms with Crippen LogP contribution in [-0.4, -0.2) is 10.9 Å². The maximum atomic E-state index is 12.3. The molecule has 0 fully saturated rings. The average Bonchev–Trinajstić information content (AvgIpc) is 2.53. The zero-order chi connectivity index (χ0) is 14.7. The van der Waals surface area contributed by atoms with Crippen LogP contribution in [0.3, 0.4) is 0 Å². The van der Waals surface area contributed by atoms with Crippen LogP contribution >= 0.6 is 0 Å². The van der Waals surface area contributed by atoms with Gasteiger partial charge in [-0.05, 0) is 35.0 Å². The van der Waals surface area contributed by atoms with Crippen LogP contribution in [0.5, 0.6) is 0 Å². The summed E-state index contributed by atoms with van der Waals surface area (Å²) >= 11 is 0. The monoisotopic (exact) mass is 277 g/mol. The molecular weight excluding hydrogens is 262 g/mol. The largest absolute Gasteiger partial charge is 0.398 e. The third-order valence-electron chi connectivity index (χ3n) is 3.32. The van der Waals surface area contributed by atoms with Crippen LogP contribution in [0.15, 0.2) is 60.8 Å². The number of nitrogens with two attached hydrogens (primary N) is 1. The second-order valence-corrected chi connectivity index (χ2v) is 4.79. The second kappa shape index (κ2) is 5.63. The number of fused-ring (bicyclic) bond motifs is 1. The Morgan fingerprint density at radius 3 is 2.48 bits per heavy atom. The van der Waals surface area contributed by atoms with Crippen LogP contribution in [0.4, 0.5) is 5.69 Å². The summed E-state index contributed by atoms with van der Waals surface area (Å²) in [4.78, 5) is 16.4. The van der Waals surface area contributed by atoms with Crippen molar-refractivity contribution in [1.29, 1.82) is 0 Å². The van der Waals surface area contributed by atoms with E-state index in [-0.39, 0.29) is 5.91 Å². The molecule has 3 N–H and O–H groups in total. The number of nitrogen functional groups attached to an aromatic ring is 1. The normalized spacial score (nSPS) is 10.5. The van der Waals surface area contributed by atoms with E-state index in [0.29, 0.717) is 17.8 Å². The molecule has 4 nitrogen and oxygen atoms in total. The molecule has 2 aromatic carbocycles. The average molecular weight is 277 g/mol. The summed E-state index contributed by atoms with van der Waals surface area (Å²) in [6, 6.07) is 17.1. The second-order valence-electron chi connectivity index (χ2n) is 4.79. The Bertz CT molecular complexity index is 784. The molecule has 104 valence electrons. The number of benzene rings is 2. The summed E-state index contributed by atoms with van der Waals surface area (Å²) in [7, 11) is 0. The van der Waals surface area contributed by atoms with Crippen molar-refractivity contribution in [3.8, 4) is 0 Å². The van der Waals surface area contributed by atoms with E-state index in [4.69, 9.17) is 5.73 Å². The molecule has 1 amide bonds. The highest BCUT2D eigenvalue weighted by Crippen LogP contribution is 2.21. The third kappa shape index (κ3) is 2.84. The number of carbonyl (C=O) groups excluding carboxylic acids is 1. The topological polar surface area (TPSA) is 68.0 Å². The van der Waals surface area contributed by atoms with E-state index < -0.39 is 0 Å². The standard InChI is InChI=1S/C17H15N3O/c18-16-10-13-6-2-1-5-12(13)9-15(16)17(21)20-11-14-7-3-4-8-19-14/h1-10H,11,18H2,(H,20,21). The zero-order valence-electron chi connectivity index (χ0n) is 11.4. The first-order chi connectivity index (χ1) is 10.2. The minimum Gasteiger partial charge on any atom is -0.398 e. The van der Waals surface area contributed by atoms with Crippen LogP contribution in [0.25, 0.3) is 10.8 Å². The Morgan fingerprint density at radius 1 is 1.05 bits per heavy atom. The number of rotatable bonds is 3. The van der Waals surface area contributed by atoms with E-state index in [2.05, 4.69) is 10.3 Å². The number of aromatic nitrogens is 1. The Hall–Kier alpha value is -2.88. The van der Waals surface area contributed by atoms with Crippen LogP contribution in [0.2, 0.25) is 0 Å². The van der Waals surface area contributed by atoms with E-state index in [1.165, 1.54) is 0 Å². The Morgan fingerprint density at radius 2 is 1.76 bits per heavy atom. The van der Waals surface area contributed by atoms with Gasteiger partial charge in [0.05, 0.1) is 17.8 Å². The number of pyridine rings is 1. The molecule has 0 unspecified atom stereocenters. The third-order valence-corrected chi connectivity index (χ3v) is 3.32. The van der Waals surface area contributed by atoms with Crippen molar-refractivity contribution in [2.24, 2.45) is 0 Å². The van der Waals surface area contributed by atoms with E-state index >= 15 is 0 Å². The molecule has 0 bridgehead atoms. The molecule has 0 spiro atoms. The number of amides is 1. The molecule has 0 aliphatic carbocycles. The predicted molar refractivity (Wildman–Crippen MR) is 83.8 cm³/mol. The summed E-state index contributed by atoms with van der Waals surface area (Å²) in [6.07, 6.45) is 1.70. The van der Waals surface area contributed by atoms with Crippen molar-refractivity contribution >= 4 is 22.4 Å². The molecular formula is C17H15N3O. The lowest BCUT2D eigenvalue weighted by Gasteiger charge is -2.09. The molecule has 0 saturated heterocycles. The molecule has 1 heterocycles. The molecule has 3 aromatic rings. The molecule has 1 aromatic heterocycles. The smallest absolute Gasteiger partial charge is 0.253 e. The number of nitrogens with zero attached hydrogens (tertiary/aromatic N) is 1. The Labute approximate surface area is 122 Å². The predicted octanol–water partition coefficient (Wildman–Crippen LogP) is 2.75. The van der Waals surface area contributed by atoms with Gasteiger partial charge in [0.15, 0.2) is 0 Å². The number of nitrogens with one attached hydrogen (secondary N) is 1. The molecule has 3 rings (SSSR count). The molecule has 0 saturated carbocycles. The van der Waals surface area contributed by atoms with E-state index in [1.807, 2.05) is 54.6 Å². The van der Waals surface area contributed by atoms with Gasteiger partial charge in [-0.15, -0.1) is 0 Å². The van der Waals surface area contributed by atoms with E-state index in [1.54, 1.807) is 6.20 Å². The SMILES string of the molecule is Nc1cc2ccccc2cc1C(=O)NCc1ccccn1. The van der Waals surface area contributed by atoms with Gasteiger partial charge in [-0.2, -0.15) is 0 Å². The first-order valence-corrected chi connectivity index (χ1v) is 6.70. The van der Waals surface area contributed by atoms with Crippen molar-refractivity contribution in [3.05, 3.63) is 72.1 Å². The quantitative estimate of drug-likeness (QED) is 0.723. The zero-order valence-corrected chi connectivity index (χ0v) is 11.4. The summed E-state index contributed by atoms with van der Waals surface area (Å²) in [5.74, 6) is -0.191. The number of hydrogen-bond donors (Lipinski definition) is 2. The van der Waals surface area contributed by atoms with Crippen molar-refractivity contribution in [3.63, 3.8) is 0 Å². The van der Waals surface area contributed by atoms with Crippen molar-refractivity contribution < 1.29 is 4.79 Å². The number of carbonyl (C=O) groups is 1. The van der Waals surface area contributed by atoms with Crippen molar-refractivity contribution in [1.82, 2.24) is 10.3 Å². The van der Waals surface area contributed by atoms with Gasteiger partial charge in [0, 0.05) is 11.9 Å². The maximum Gasteiger partial charge on any atom is 0.253 e. The highest BCUT2D eigenvalue weighted by atomic mass is 16.1. The van der Waals surface area contributed by atoms with Gasteiger partial charge < -0.3 is 11.1 Å². The fourth-order valence-electron chi connectivity index (χ4n) is 2.22. The summed E-state index contributed by atoms with van der Waals surface area (Å²) in [5.41, 5.74) is 7.76. The van der Waals surface area contributed by atoms with E-state index in [9.17, 15) is 4.79 Å². The van der Waals surface area contributed by atoms with Gasteiger partial charge in [-0.25, -0.2) is 0 Å². The molecule has 21 heavy (non-hydrogen) atoms. The van der Waals surface area contributed by atoms with Gasteiger partial charge in [0.25, 0.3) is 5.91 Å². The summed E-state index contributed by atoms with van der Waals surface area (Å²) in [5, 5.41) is 4.86. The van der Waals surface area contributed by atoms with E-state index in [0.717, 1.165) is 16.5 Å². The lowest BCUT2D eigenvalue weighted by Crippen LogP contribution is -2.24. The first kappa shape index (κ1) is 13.1. The summed E-state index contributed by atoms with van der Waals surface area (Å²) in [6.45, 7) is 0.381. The van der Waals surface area contributed by atoms with Crippen molar-refractivity contribution in [2.45, 2.75) is 6.54 Å². The highest BCUT2D eigenvalue weighted by Gasteiger charge is 2.10. The Kier molecular flexibility index (Phi) is 3.51. The maximum absolute atomic E-state index is 12.3. The van der Waals surface area contributed by atoms with Crippen LogP contribution in [0, 0.1) is 0 Å².